The van der Waals surface area contributed by atoms with Crippen LogP contribution >= 0.6 is 0 Å². The molecule has 0 saturated carbocycles. The summed E-state index contributed by atoms with van der Waals surface area (Å²) in [6.07, 6.45) is 0. The fourth-order valence-corrected chi connectivity index (χ4v) is 0. The predicted molar refractivity (Wildman–Crippen MR) is 7.97 cm³/mol. The van der Waals surface area contributed by atoms with Crippen molar-refractivity contribution in [2.45, 2.75) is 0 Å². The third-order valence-corrected chi connectivity index (χ3v) is 0. The van der Waals surface area contributed by atoms with Crippen LogP contribution in [0.1, 0.15) is 0 Å². The first-order valence-electron chi connectivity index (χ1n) is 0.730. The Balaban J connectivity index is -0.0000000450. The molecular formula is HBNa2O3. The molecule has 0 atom stereocenters. The molecule has 6 heteroatoms. The first kappa shape index (κ1) is 15.7. The largest absolute Gasteiger partial charge is 1.00 e. The SMILES string of the molecule is [Na+].[Na+].[O-]B([O-])O. The minimum atomic E-state index is -2.67. The molecule has 1 N–H and O–H groups in total. The molecule has 0 aliphatic heterocycles. The molecule has 0 bridgehead atoms. The van der Waals surface area contributed by atoms with Gasteiger partial charge in [0.1, 0.15) is 0 Å². The van der Waals surface area contributed by atoms with E-state index >= 15 is 0 Å². The van der Waals surface area contributed by atoms with Crippen LogP contribution in [0.3, 0.4) is 0 Å². The molecule has 0 heterocycles. The van der Waals surface area contributed by atoms with E-state index in [1.54, 1.807) is 0 Å². The maximum Gasteiger partial charge on any atom is 1.00 e. The minimum Gasteiger partial charge on any atom is -0.871 e. The fourth-order valence-electron chi connectivity index (χ4n) is 0. The molecule has 0 radical (unpaired) electrons. The van der Waals surface area contributed by atoms with Crippen LogP contribution in [0.5, 0.6) is 0 Å². The van der Waals surface area contributed by atoms with E-state index in [0.717, 1.165) is 0 Å². The Hall–Kier alpha value is 1.94. The molecular weight excluding hydrogens is 105 g/mol. The topological polar surface area (TPSA) is 66.3 Å². The van der Waals surface area contributed by atoms with E-state index in [2.05, 4.69) is 0 Å². The van der Waals surface area contributed by atoms with Crippen LogP contribution in [0.25, 0.3) is 0 Å². The van der Waals surface area contributed by atoms with Crippen LogP contribution in [0.4, 0.5) is 0 Å². The van der Waals surface area contributed by atoms with Gasteiger partial charge in [0, 0.05) is 0 Å². The predicted octanol–water partition coefficient (Wildman–Crippen LogP) is -9.31. The summed E-state index contributed by atoms with van der Waals surface area (Å²) in [7, 11) is -2.67. The van der Waals surface area contributed by atoms with Crippen LogP contribution in [0.15, 0.2) is 0 Å². The molecule has 0 aromatic carbocycles. The van der Waals surface area contributed by atoms with Gasteiger partial charge in [-0.05, 0) is 0 Å². The van der Waals surface area contributed by atoms with Crippen molar-refractivity contribution < 1.29 is 74.2 Å². The van der Waals surface area contributed by atoms with Crippen molar-refractivity contribution in [1.29, 1.82) is 0 Å². The summed E-state index contributed by atoms with van der Waals surface area (Å²) in [6, 6.07) is 0. The van der Waals surface area contributed by atoms with E-state index in [9.17, 15) is 0 Å². The van der Waals surface area contributed by atoms with Gasteiger partial charge in [0.05, 0.1) is 7.32 Å². The van der Waals surface area contributed by atoms with Gasteiger partial charge in [-0.15, -0.1) is 0 Å². The second kappa shape index (κ2) is 10.0. The smallest absolute Gasteiger partial charge is 0.871 e. The Kier molecular flexibility index (Phi) is 26.2. The first-order valence-corrected chi connectivity index (χ1v) is 0.730. The van der Waals surface area contributed by atoms with E-state index in [1.165, 1.54) is 0 Å². The van der Waals surface area contributed by atoms with Gasteiger partial charge in [-0.1, -0.05) is 0 Å². The zero-order valence-electron chi connectivity index (χ0n) is 3.84. The maximum atomic E-state index is 8.53. The average Bonchev–Trinajstić information content (AvgIpc) is 0.811. The van der Waals surface area contributed by atoms with Crippen LogP contribution in [-0.4, -0.2) is 12.3 Å². The molecule has 3 nitrogen and oxygen atoms in total. The minimum absolute atomic E-state index is 0. The van der Waals surface area contributed by atoms with Crippen LogP contribution < -0.4 is 69.2 Å². The average molecular weight is 106 g/mol. The molecule has 0 fully saturated rings. The number of hydrogen-bond acceptors (Lipinski definition) is 3. The van der Waals surface area contributed by atoms with E-state index in [-0.39, 0.29) is 59.1 Å². The van der Waals surface area contributed by atoms with Gasteiger partial charge in [0.25, 0.3) is 0 Å². The second-order valence-corrected chi connectivity index (χ2v) is 0.307. The summed E-state index contributed by atoms with van der Waals surface area (Å²) in [5.41, 5.74) is 0. The first-order chi connectivity index (χ1) is 1.73. The van der Waals surface area contributed by atoms with Gasteiger partial charge < -0.3 is 15.1 Å². The van der Waals surface area contributed by atoms with Crippen LogP contribution in [0, 0.1) is 0 Å². The normalized spacial score (nSPS) is 4.50. The van der Waals surface area contributed by atoms with Crippen molar-refractivity contribution >= 4 is 7.32 Å². The molecule has 6 heavy (non-hydrogen) atoms. The van der Waals surface area contributed by atoms with Gasteiger partial charge in [0.2, 0.25) is 0 Å². The van der Waals surface area contributed by atoms with Crippen molar-refractivity contribution in [2.24, 2.45) is 0 Å². The Bertz CT molecular complexity index is 13.5. The molecule has 0 aromatic heterocycles. The second-order valence-electron chi connectivity index (χ2n) is 0.307. The Labute approximate surface area is 80.5 Å². The summed E-state index contributed by atoms with van der Waals surface area (Å²) >= 11 is 0. The molecule has 0 amide bonds. The third-order valence-electron chi connectivity index (χ3n) is 0. The monoisotopic (exact) mass is 106 g/mol. The molecule has 0 saturated heterocycles. The summed E-state index contributed by atoms with van der Waals surface area (Å²) in [5.74, 6) is 0. The molecule has 0 aliphatic carbocycles. The van der Waals surface area contributed by atoms with E-state index < -0.39 is 7.32 Å². The van der Waals surface area contributed by atoms with Crippen LogP contribution in [-0.2, 0) is 0 Å². The Morgan fingerprint density at radius 1 is 1.17 bits per heavy atom. The van der Waals surface area contributed by atoms with Gasteiger partial charge >= 0.3 is 59.1 Å². The van der Waals surface area contributed by atoms with Crippen molar-refractivity contribution in [3.05, 3.63) is 0 Å². The Morgan fingerprint density at radius 3 is 1.17 bits per heavy atom. The van der Waals surface area contributed by atoms with E-state index in [4.69, 9.17) is 15.1 Å². The number of rotatable bonds is 0. The van der Waals surface area contributed by atoms with Gasteiger partial charge in [-0.25, -0.2) is 0 Å². The van der Waals surface area contributed by atoms with Crippen LogP contribution in [0.2, 0.25) is 0 Å². The summed E-state index contributed by atoms with van der Waals surface area (Å²) in [5, 5.41) is 24.0. The molecule has 0 spiro atoms. The molecule has 0 aromatic rings. The third kappa shape index (κ3) is 38.4. The van der Waals surface area contributed by atoms with Gasteiger partial charge in [-0.2, -0.15) is 0 Å². The van der Waals surface area contributed by atoms with Gasteiger partial charge in [-0.3, -0.25) is 0 Å². The maximum absolute atomic E-state index is 8.53. The number of hydrogen-bond donors (Lipinski definition) is 1. The summed E-state index contributed by atoms with van der Waals surface area (Å²) < 4.78 is 0. The zero-order chi connectivity index (χ0) is 3.58. The summed E-state index contributed by atoms with van der Waals surface area (Å²) in [6.45, 7) is 0. The zero-order valence-corrected chi connectivity index (χ0v) is 7.84. The van der Waals surface area contributed by atoms with Crippen molar-refractivity contribution in [1.82, 2.24) is 0 Å². The molecule has 0 unspecified atom stereocenters. The summed E-state index contributed by atoms with van der Waals surface area (Å²) in [4.78, 5) is 0. The van der Waals surface area contributed by atoms with E-state index in [1.807, 2.05) is 0 Å². The standard InChI is InChI=1S/BHO3.2Na/c2-1(3)4;;/h2H;;/q-2;2*+1. The van der Waals surface area contributed by atoms with E-state index in [0.29, 0.717) is 0 Å². The molecule has 24 valence electrons. The van der Waals surface area contributed by atoms with Crippen molar-refractivity contribution in [3.8, 4) is 0 Å². The Morgan fingerprint density at radius 2 is 1.17 bits per heavy atom. The quantitative estimate of drug-likeness (QED) is 0.312. The van der Waals surface area contributed by atoms with Gasteiger partial charge in [0.15, 0.2) is 0 Å². The molecule has 0 aliphatic rings. The van der Waals surface area contributed by atoms with Crippen molar-refractivity contribution in [3.63, 3.8) is 0 Å². The molecule has 0 rings (SSSR count). The fraction of sp³-hybridized carbons (Fsp3) is 0. The van der Waals surface area contributed by atoms with Crippen molar-refractivity contribution in [2.75, 3.05) is 0 Å².